The fraction of sp³-hybridized carbons (Fsp3) is 0.267. The first-order valence-electron chi connectivity index (χ1n) is 6.25. The van der Waals surface area contributed by atoms with E-state index in [4.69, 9.17) is 0 Å². The molecule has 1 unspecified atom stereocenters. The summed E-state index contributed by atoms with van der Waals surface area (Å²) in [5, 5.41) is 10.0. The molecule has 0 bridgehead atoms. The molecule has 1 aromatic heterocycles. The number of alkyl halides is 3. The Kier molecular flexibility index (Phi) is 4.27. The largest absolute Gasteiger partial charge is 0.419 e. The second kappa shape index (κ2) is 5.81. The monoisotopic (exact) mass is 299 g/mol. The van der Waals surface area contributed by atoms with Crippen molar-refractivity contribution in [3.05, 3.63) is 64.7 Å². The van der Waals surface area contributed by atoms with Gasteiger partial charge in [-0.25, -0.2) is 4.39 Å². The van der Waals surface area contributed by atoms with Crippen molar-refractivity contribution in [2.24, 2.45) is 0 Å². The topological polar surface area (TPSA) is 33.1 Å². The number of aromatic nitrogens is 1. The van der Waals surface area contributed by atoms with Crippen molar-refractivity contribution in [2.45, 2.75) is 25.6 Å². The highest BCUT2D eigenvalue weighted by molar-refractivity contribution is 5.31. The van der Waals surface area contributed by atoms with Gasteiger partial charge in [-0.15, -0.1) is 0 Å². The molecule has 0 radical (unpaired) electrons. The highest BCUT2D eigenvalue weighted by atomic mass is 19.4. The second-order valence-corrected chi connectivity index (χ2v) is 4.69. The van der Waals surface area contributed by atoms with Crippen LogP contribution in [0.4, 0.5) is 17.6 Å². The van der Waals surface area contributed by atoms with Gasteiger partial charge in [0.15, 0.2) is 0 Å². The molecule has 112 valence electrons. The predicted molar refractivity (Wildman–Crippen MR) is 69.0 cm³/mol. The van der Waals surface area contributed by atoms with Crippen molar-refractivity contribution in [1.29, 1.82) is 0 Å². The lowest BCUT2D eigenvalue weighted by molar-refractivity contribution is -0.140. The summed E-state index contributed by atoms with van der Waals surface area (Å²) >= 11 is 0. The van der Waals surface area contributed by atoms with Gasteiger partial charge in [-0.1, -0.05) is 18.2 Å². The molecule has 0 fully saturated rings. The van der Waals surface area contributed by atoms with E-state index in [2.05, 4.69) is 4.98 Å². The molecular formula is C15H13F4NO. The lowest BCUT2D eigenvalue weighted by Crippen LogP contribution is -2.13. The molecule has 0 spiro atoms. The van der Waals surface area contributed by atoms with Crippen LogP contribution in [0.25, 0.3) is 0 Å². The molecule has 6 heteroatoms. The lowest BCUT2D eigenvalue weighted by atomic mass is 9.99. The first-order valence-corrected chi connectivity index (χ1v) is 6.25. The Morgan fingerprint density at radius 3 is 2.52 bits per heavy atom. The van der Waals surface area contributed by atoms with Crippen LogP contribution in [0, 0.1) is 12.7 Å². The number of aliphatic hydroxyl groups excluding tert-OH is 1. The third-order valence-electron chi connectivity index (χ3n) is 3.20. The normalized spacial score (nSPS) is 13.2. The number of aryl methyl sites for hydroxylation is 1. The maximum Gasteiger partial charge on any atom is 0.419 e. The maximum atomic E-state index is 13.9. The van der Waals surface area contributed by atoms with Gasteiger partial charge in [0.1, 0.15) is 5.82 Å². The minimum Gasteiger partial charge on any atom is -0.388 e. The summed E-state index contributed by atoms with van der Waals surface area (Å²) in [6, 6.07) is 6.34. The molecular weight excluding hydrogens is 286 g/mol. The van der Waals surface area contributed by atoms with Gasteiger partial charge in [0.2, 0.25) is 0 Å². The number of pyridine rings is 1. The minimum absolute atomic E-state index is 0.0507. The number of hydrogen-bond acceptors (Lipinski definition) is 2. The van der Waals surface area contributed by atoms with Crippen LogP contribution in [-0.2, 0) is 12.6 Å². The number of hydrogen-bond donors (Lipinski definition) is 1. The number of benzene rings is 1. The fourth-order valence-electron chi connectivity index (χ4n) is 2.05. The number of halogens is 4. The lowest BCUT2D eigenvalue weighted by Gasteiger charge is -2.16. The molecule has 0 aliphatic carbocycles. The van der Waals surface area contributed by atoms with Gasteiger partial charge in [0, 0.05) is 23.9 Å². The molecule has 0 aliphatic rings. The van der Waals surface area contributed by atoms with E-state index >= 15 is 0 Å². The Labute approximate surface area is 119 Å². The van der Waals surface area contributed by atoms with Gasteiger partial charge in [0.25, 0.3) is 0 Å². The van der Waals surface area contributed by atoms with Gasteiger partial charge in [-0.3, -0.25) is 4.98 Å². The summed E-state index contributed by atoms with van der Waals surface area (Å²) in [4.78, 5) is 4.04. The molecule has 2 aromatic rings. The minimum atomic E-state index is -4.79. The SMILES string of the molecule is Cc1cccnc1CC(O)c1cccc(C(F)(F)F)c1F. The summed E-state index contributed by atoms with van der Waals surface area (Å²) in [5.74, 6) is -1.44. The maximum absolute atomic E-state index is 13.9. The van der Waals surface area contributed by atoms with E-state index in [0.29, 0.717) is 11.8 Å². The highest BCUT2D eigenvalue weighted by Gasteiger charge is 2.35. The molecule has 0 amide bonds. The van der Waals surface area contributed by atoms with Crippen molar-refractivity contribution in [3.8, 4) is 0 Å². The van der Waals surface area contributed by atoms with Crippen LogP contribution in [0.15, 0.2) is 36.5 Å². The number of nitrogens with zero attached hydrogens (tertiary/aromatic N) is 1. The first-order chi connectivity index (χ1) is 9.80. The molecule has 2 nitrogen and oxygen atoms in total. The van der Waals surface area contributed by atoms with Crippen molar-refractivity contribution in [1.82, 2.24) is 4.98 Å². The van der Waals surface area contributed by atoms with Crippen molar-refractivity contribution >= 4 is 0 Å². The third kappa shape index (κ3) is 3.39. The highest BCUT2D eigenvalue weighted by Crippen LogP contribution is 2.34. The zero-order valence-corrected chi connectivity index (χ0v) is 11.2. The van der Waals surface area contributed by atoms with Crippen molar-refractivity contribution in [2.75, 3.05) is 0 Å². The van der Waals surface area contributed by atoms with Crippen LogP contribution < -0.4 is 0 Å². The van der Waals surface area contributed by atoms with Gasteiger partial charge in [-0.05, 0) is 24.6 Å². The van der Waals surface area contributed by atoms with E-state index < -0.39 is 23.7 Å². The van der Waals surface area contributed by atoms with Gasteiger partial charge < -0.3 is 5.11 Å². The average Bonchev–Trinajstić information content (AvgIpc) is 2.40. The summed E-state index contributed by atoms with van der Waals surface area (Å²) in [7, 11) is 0. The summed E-state index contributed by atoms with van der Waals surface area (Å²) in [6.07, 6.45) is -4.72. The van der Waals surface area contributed by atoms with Gasteiger partial charge in [0.05, 0.1) is 11.7 Å². The summed E-state index contributed by atoms with van der Waals surface area (Å²) in [5.41, 5.74) is -0.461. The molecule has 0 aliphatic heterocycles. The van der Waals surface area contributed by atoms with Gasteiger partial charge in [-0.2, -0.15) is 13.2 Å². The molecule has 1 heterocycles. The molecule has 21 heavy (non-hydrogen) atoms. The Balaban J connectivity index is 2.32. The van der Waals surface area contributed by atoms with E-state index in [9.17, 15) is 22.7 Å². The van der Waals surface area contributed by atoms with E-state index in [1.54, 1.807) is 19.1 Å². The third-order valence-corrected chi connectivity index (χ3v) is 3.20. The summed E-state index contributed by atoms with van der Waals surface area (Å²) in [6.45, 7) is 1.76. The van der Waals surface area contributed by atoms with Crippen LogP contribution in [0.1, 0.15) is 28.5 Å². The van der Waals surface area contributed by atoms with Crippen LogP contribution in [0.2, 0.25) is 0 Å². The van der Waals surface area contributed by atoms with E-state index in [1.807, 2.05) is 0 Å². The molecule has 1 aromatic carbocycles. The fourth-order valence-corrected chi connectivity index (χ4v) is 2.05. The van der Waals surface area contributed by atoms with E-state index in [-0.39, 0.29) is 12.0 Å². The van der Waals surface area contributed by atoms with Crippen LogP contribution in [0.5, 0.6) is 0 Å². The first kappa shape index (κ1) is 15.4. The Bertz CT molecular complexity index is 640. The molecule has 1 N–H and O–H groups in total. The van der Waals surface area contributed by atoms with Crippen molar-refractivity contribution in [3.63, 3.8) is 0 Å². The number of aliphatic hydroxyl groups is 1. The molecule has 2 rings (SSSR count). The number of rotatable bonds is 3. The zero-order valence-electron chi connectivity index (χ0n) is 11.2. The summed E-state index contributed by atoms with van der Waals surface area (Å²) < 4.78 is 51.9. The van der Waals surface area contributed by atoms with Crippen LogP contribution in [0.3, 0.4) is 0 Å². The average molecular weight is 299 g/mol. The van der Waals surface area contributed by atoms with Gasteiger partial charge >= 0.3 is 6.18 Å². The van der Waals surface area contributed by atoms with E-state index in [1.165, 1.54) is 6.20 Å². The molecule has 0 saturated carbocycles. The Hall–Kier alpha value is -1.95. The van der Waals surface area contributed by atoms with Crippen LogP contribution in [-0.4, -0.2) is 10.1 Å². The molecule has 0 saturated heterocycles. The zero-order chi connectivity index (χ0) is 15.6. The smallest absolute Gasteiger partial charge is 0.388 e. The quantitative estimate of drug-likeness (QED) is 0.874. The van der Waals surface area contributed by atoms with Crippen LogP contribution >= 0.6 is 0 Å². The Morgan fingerprint density at radius 1 is 1.19 bits per heavy atom. The second-order valence-electron chi connectivity index (χ2n) is 4.69. The predicted octanol–water partition coefficient (Wildman–Crippen LogP) is 3.82. The standard InChI is InChI=1S/C15H13F4NO/c1-9-4-3-7-20-12(9)8-13(21)10-5-2-6-11(14(10)16)15(17,18)19/h2-7,13,21H,8H2,1H3. The van der Waals surface area contributed by atoms with Crippen molar-refractivity contribution < 1.29 is 22.7 Å². The molecule has 1 atom stereocenters. The Morgan fingerprint density at radius 2 is 1.90 bits per heavy atom. The van der Waals surface area contributed by atoms with E-state index in [0.717, 1.165) is 17.7 Å².